The summed E-state index contributed by atoms with van der Waals surface area (Å²) in [7, 11) is 0. The van der Waals surface area contributed by atoms with E-state index in [1.807, 2.05) is 4.90 Å². The number of Topliss-reactive ketones (excluding diaryl/α,β-unsaturated/α-hetero) is 1. The minimum Gasteiger partial charge on any atom is -0.379 e. The number of nitrogens with one attached hydrogen (secondary N) is 1. The van der Waals surface area contributed by atoms with Crippen molar-refractivity contribution < 1.29 is 13.9 Å². The van der Waals surface area contributed by atoms with Crippen molar-refractivity contribution in [1.29, 1.82) is 0 Å². The molecule has 0 aromatic heterocycles. The van der Waals surface area contributed by atoms with Gasteiger partial charge in [-0.1, -0.05) is 0 Å². The summed E-state index contributed by atoms with van der Waals surface area (Å²) in [5.41, 5.74) is 0.950. The molecule has 27 heavy (non-hydrogen) atoms. The van der Waals surface area contributed by atoms with Crippen LogP contribution in [-0.4, -0.2) is 86.3 Å². The first-order valence-electron chi connectivity index (χ1n) is 9.43. The lowest BCUT2D eigenvalue weighted by Crippen LogP contribution is -2.53. The van der Waals surface area contributed by atoms with E-state index in [2.05, 4.69) is 15.1 Å². The summed E-state index contributed by atoms with van der Waals surface area (Å²) < 4.78 is 19.7. The average molecular weight is 395 g/mol. The monoisotopic (exact) mass is 394 g/mol. The molecule has 0 saturated carbocycles. The number of hydrogen-bond acceptors (Lipinski definition) is 5. The molecule has 0 bridgehead atoms. The predicted octanol–water partition coefficient (Wildman–Crippen LogP) is 1.36. The normalized spacial score (nSPS) is 18.4. The maximum absolute atomic E-state index is 14.3. The van der Waals surface area contributed by atoms with Gasteiger partial charge in [-0.05, 0) is 37.3 Å². The van der Waals surface area contributed by atoms with Gasteiger partial charge in [-0.2, -0.15) is 0 Å². The molecule has 3 rings (SSSR count). The number of ketones is 1. The first-order valence-corrected chi connectivity index (χ1v) is 9.84. The Morgan fingerprint density at radius 2 is 1.89 bits per heavy atom. The Kier molecular flexibility index (Phi) is 6.98. The number of carbonyl (C=O) groups is 1. The lowest BCUT2D eigenvalue weighted by atomic mass is 10.1. The number of carbonyl (C=O) groups excluding carboxylic acids is 1. The van der Waals surface area contributed by atoms with E-state index in [1.54, 1.807) is 12.1 Å². The lowest BCUT2D eigenvalue weighted by molar-refractivity contribution is 0.0388. The van der Waals surface area contributed by atoms with Crippen LogP contribution in [0.2, 0.25) is 0 Å². The van der Waals surface area contributed by atoms with Crippen molar-refractivity contribution in [2.45, 2.75) is 6.92 Å². The van der Waals surface area contributed by atoms with Crippen molar-refractivity contribution in [3.8, 4) is 0 Å². The standard InChI is InChI=1S/C19H27FN4O2S/c1-15(25)16-2-3-18(17(20)14-16)23-6-8-24(9-7-23)19(27)21-4-5-22-10-12-26-13-11-22/h2-3,14H,4-13H2,1H3,(H,21,27). The van der Waals surface area contributed by atoms with Crippen LogP contribution >= 0.6 is 12.2 Å². The van der Waals surface area contributed by atoms with Crippen LogP contribution in [0.3, 0.4) is 0 Å². The van der Waals surface area contributed by atoms with Crippen molar-refractivity contribution in [3.63, 3.8) is 0 Å². The lowest BCUT2D eigenvalue weighted by Gasteiger charge is -2.37. The Hall–Kier alpha value is -1.77. The Morgan fingerprint density at radius 1 is 1.19 bits per heavy atom. The molecule has 0 unspecified atom stereocenters. The Labute approximate surface area is 165 Å². The fourth-order valence-electron chi connectivity index (χ4n) is 3.39. The molecule has 0 atom stereocenters. The van der Waals surface area contributed by atoms with Crippen LogP contribution in [0.1, 0.15) is 17.3 Å². The van der Waals surface area contributed by atoms with Gasteiger partial charge in [-0.25, -0.2) is 4.39 Å². The van der Waals surface area contributed by atoms with Crippen LogP contribution in [0.25, 0.3) is 0 Å². The smallest absolute Gasteiger partial charge is 0.169 e. The average Bonchev–Trinajstić information content (AvgIpc) is 2.69. The van der Waals surface area contributed by atoms with Gasteiger partial charge in [-0.3, -0.25) is 9.69 Å². The summed E-state index contributed by atoms with van der Waals surface area (Å²) in [5.74, 6) is -0.471. The highest BCUT2D eigenvalue weighted by Crippen LogP contribution is 2.22. The maximum Gasteiger partial charge on any atom is 0.169 e. The van der Waals surface area contributed by atoms with Crippen LogP contribution < -0.4 is 10.2 Å². The molecule has 1 aromatic rings. The van der Waals surface area contributed by atoms with Gasteiger partial charge in [0.1, 0.15) is 5.82 Å². The quantitative estimate of drug-likeness (QED) is 0.598. The zero-order valence-electron chi connectivity index (χ0n) is 15.7. The number of hydrogen-bond donors (Lipinski definition) is 1. The molecule has 8 heteroatoms. The molecule has 0 amide bonds. The van der Waals surface area contributed by atoms with E-state index in [0.29, 0.717) is 24.3 Å². The van der Waals surface area contributed by atoms with E-state index < -0.39 is 0 Å². The van der Waals surface area contributed by atoms with Crippen LogP contribution in [0, 0.1) is 5.82 Å². The van der Waals surface area contributed by atoms with E-state index in [9.17, 15) is 9.18 Å². The van der Waals surface area contributed by atoms with Gasteiger partial charge < -0.3 is 19.9 Å². The van der Waals surface area contributed by atoms with Crippen LogP contribution in [0.4, 0.5) is 10.1 Å². The zero-order chi connectivity index (χ0) is 19.2. The SMILES string of the molecule is CC(=O)c1ccc(N2CCN(C(=S)NCCN3CCOCC3)CC2)c(F)c1. The molecule has 2 aliphatic heterocycles. The van der Waals surface area contributed by atoms with Crippen molar-refractivity contribution >= 4 is 28.8 Å². The van der Waals surface area contributed by atoms with Crippen LogP contribution in [-0.2, 0) is 4.74 Å². The highest BCUT2D eigenvalue weighted by molar-refractivity contribution is 7.80. The molecular weight excluding hydrogens is 367 g/mol. The summed E-state index contributed by atoms with van der Waals surface area (Å²) in [6, 6.07) is 4.70. The zero-order valence-corrected chi connectivity index (χ0v) is 16.6. The molecule has 0 aliphatic carbocycles. The number of morpholine rings is 1. The van der Waals surface area contributed by atoms with Crippen molar-refractivity contribution in [1.82, 2.24) is 15.1 Å². The summed E-state index contributed by atoms with van der Waals surface area (Å²) >= 11 is 5.51. The van der Waals surface area contributed by atoms with Crippen LogP contribution in [0.5, 0.6) is 0 Å². The number of thiocarbonyl (C=S) groups is 1. The second kappa shape index (κ2) is 9.43. The van der Waals surface area contributed by atoms with E-state index in [-0.39, 0.29) is 11.6 Å². The molecule has 1 N–H and O–H groups in total. The first-order chi connectivity index (χ1) is 13.0. The number of anilines is 1. The number of ether oxygens (including phenoxy) is 1. The highest BCUT2D eigenvalue weighted by Gasteiger charge is 2.21. The topological polar surface area (TPSA) is 48.1 Å². The molecular formula is C19H27FN4O2S. The van der Waals surface area contributed by atoms with Gasteiger partial charge >= 0.3 is 0 Å². The molecule has 2 fully saturated rings. The molecule has 2 saturated heterocycles. The number of nitrogens with zero attached hydrogens (tertiary/aromatic N) is 3. The third kappa shape index (κ3) is 5.37. The molecule has 0 spiro atoms. The molecule has 148 valence electrons. The van der Waals surface area contributed by atoms with Crippen molar-refractivity contribution in [3.05, 3.63) is 29.6 Å². The molecule has 1 aromatic carbocycles. The second-order valence-corrected chi connectivity index (χ2v) is 7.27. The van der Waals surface area contributed by atoms with E-state index in [1.165, 1.54) is 13.0 Å². The summed E-state index contributed by atoms with van der Waals surface area (Å²) in [6.07, 6.45) is 0. The first kappa shape index (κ1) is 20.0. The second-order valence-electron chi connectivity index (χ2n) is 6.88. The van der Waals surface area contributed by atoms with Gasteiger partial charge in [-0.15, -0.1) is 0 Å². The fraction of sp³-hybridized carbons (Fsp3) is 0.579. The largest absolute Gasteiger partial charge is 0.379 e. The van der Waals surface area contributed by atoms with Gasteiger partial charge in [0.05, 0.1) is 18.9 Å². The fourth-order valence-corrected chi connectivity index (χ4v) is 3.67. The van der Waals surface area contributed by atoms with Gasteiger partial charge in [0, 0.05) is 57.9 Å². The predicted molar refractivity (Wildman–Crippen MR) is 108 cm³/mol. The third-order valence-corrected chi connectivity index (χ3v) is 5.47. The Morgan fingerprint density at radius 3 is 2.52 bits per heavy atom. The minimum atomic E-state index is -0.345. The van der Waals surface area contributed by atoms with Gasteiger partial charge in [0.15, 0.2) is 10.9 Å². The Balaban J connectivity index is 1.44. The number of halogens is 1. The summed E-state index contributed by atoms with van der Waals surface area (Å²) in [4.78, 5) is 17.9. The number of benzene rings is 1. The molecule has 2 heterocycles. The maximum atomic E-state index is 14.3. The number of rotatable bonds is 5. The van der Waals surface area contributed by atoms with Gasteiger partial charge in [0.2, 0.25) is 0 Å². The summed E-state index contributed by atoms with van der Waals surface area (Å²) in [5, 5.41) is 4.09. The van der Waals surface area contributed by atoms with E-state index in [0.717, 1.165) is 57.6 Å². The molecule has 2 aliphatic rings. The van der Waals surface area contributed by atoms with Crippen molar-refractivity contribution in [2.24, 2.45) is 0 Å². The Bertz CT molecular complexity index is 674. The third-order valence-electron chi connectivity index (χ3n) is 5.07. The van der Waals surface area contributed by atoms with E-state index >= 15 is 0 Å². The van der Waals surface area contributed by atoms with Crippen molar-refractivity contribution in [2.75, 3.05) is 70.5 Å². The minimum absolute atomic E-state index is 0.126. The number of piperazine rings is 1. The summed E-state index contributed by atoms with van der Waals surface area (Å²) in [6.45, 7) is 9.66. The van der Waals surface area contributed by atoms with Gasteiger partial charge in [0.25, 0.3) is 0 Å². The van der Waals surface area contributed by atoms with Crippen LogP contribution in [0.15, 0.2) is 18.2 Å². The highest BCUT2D eigenvalue weighted by atomic mass is 32.1. The molecule has 0 radical (unpaired) electrons. The van der Waals surface area contributed by atoms with E-state index in [4.69, 9.17) is 17.0 Å². The molecule has 6 nitrogen and oxygen atoms in total.